The van der Waals surface area contributed by atoms with E-state index < -0.39 is 17.8 Å². The SMILES string of the molecule is C#CC(=O)N(c1cnc2ccccc2c1)C(C(=O)NC1CCCC1)c1ccc(F)cc1. The smallest absolute Gasteiger partial charge is 0.303 e. The minimum atomic E-state index is -1.05. The van der Waals surface area contributed by atoms with Gasteiger partial charge in [-0.15, -0.1) is 6.42 Å². The summed E-state index contributed by atoms with van der Waals surface area (Å²) in [6, 6.07) is 13.8. The van der Waals surface area contributed by atoms with Crippen molar-refractivity contribution in [2.24, 2.45) is 0 Å². The lowest BCUT2D eigenvalue weighted by molar-refractivity contribution is -0.125. The molecule has 31 heavy (non-hydrogen) atoms. The number of amides is 2. The Kier molecular flexibility index (Phi) is 5.94. The van der Waals surface area contributed by atoms with Crippen molar-refractivity contribution in [3.05, 3.63) is 72.2 Å². The van der Waals surface area contributed by atoms with Gasteiger partial charge in [-0.1, -0.05) is 43.2 Å². The number of fused-ring (bicyclic) bond motifs is 1. The van der Waals surface area contributed by atoms with E-state index in [9.17, 15) is 14.0 Å². The van der Waals surface area contributed by atoms with Crippen LogP contribution in [0.25, 0.3) is 10.9 Å². The fourth-order valence-corrected chi connectivity index (χ4v) is 4.06. The highest BCUT2D eigenvalue weighted by molar-refractivity contribution is 6.10. The number of hydrogen-bond acceptors (Lipinski definition) is 3. The molecule has 2 aromatic carbocycles. The molecule has 1 atom stereocenters. The van der Waals surface area contributed by atoms with Crippen molar-refractivity contribution in [3.8, 4) is 12.3 Å². The first-order valence-electron chi connectivity index (χ1n) is 10.3. The van der Waals surface area contributed by atoms with Crippen molar-refractivity contribution in [2.75, 3.05) is 4.90 Å². The van der Waals surface area contributed by atoms with Gasteiger partial charge in [-0.3, -0.25) is 19.5 Å². The number of para-hydroxylation sites is 1. The van der Waals surface area contributed by atoms with Crippen molar-refractivity contribution in [3.63, 3.8) is 0 Å². The molecule has 3 aromatic rings. The first-order valence-corrected chi connectivity index (χ1v) is 10.3. The molecule has 0 spiro atoms. The summed E-state index contributed by atoms with van der Waals surface area (Å²) in [5.41, 5.74) is 1.62. The molecule has 5 nitrogen and oxygen atoms in total. The summed E-state index contributed by atoms with van der Waals surface area (Å²) < 4.78 is 13.6. The number of aromatic nitrogens is 1. The number of hydrogen-bond donors (Lipinski definition) is 1. The summed E-state index contributed by atoms with van der Waals surface area (Å²) in [7, 11) is 0. The summed E-state index contributed by atoms with van der Waals surface area (Å²) in [6.45, 7) is 0. The fourth-order valence-electron chi connectivity index (χ4n) is 4.06. The van der Waals surface area contributed by atoms with Crippen LogP contribution in [0.1, 0.15) is 37.3 Å². The predicted octanol–water partition coefficient (Wildman–Crippen LogP) is 4.14. The molecule has 1 aromatic heterocycles. The molecule has 4 rings (SSSR count). The van der Waals surface area contributed by atoms with Gasteiger partial charge in [-0.25, -0.2) is 4.39 Å². The van der Waals surface area contributed by atoms with Crippen LogP contribution in [0.3, 0.4) is 0 Å². The average molecular weight is 415 g/mol. The van der Waals surface area contributed by atoms with E-state index in [-0.39, 0.29) is 11.9 Å². The van der Waals surface area contributed by atoms with Gasteiger partial charge in [0.2, 0.25) is 5.91 Å². The predicted molar refractivity (Wildman–Crippen MR) is 118 cm³/mol. The molecular formula is C25H22FN3O2. The van der Waals surface area contributed by atoms with Gasteiger partial charge in [0.25, 0.3) is 0 Å². The van der Waals surface area contributed by atoms with Gasteiger partial charge in [0.05, 0.1) is 17.4 Å². The van der Waals surface area contributed by atoms with E-state index >= 15 is 0 Å². The van der Waals surface area contributed by atoms with Crippen LogP contribution in [0.15, 0.2) is 60.8 Å². The molecule has 0 aliphatic heterocycles. The van der Waals surface area contributed by atoms with Crippen molar-refractivity contribution in [2.45, 2.75) is 37.8 Å². The van der Waals surface area contributed by atoms with E-state index in [1.165, 1.54) is 35.4 Å². The standard InChI is InChI=1S/C25H22FN3O2/c1-2-23(30)29(21-15-18-7-3-6-10-22(18)27-16-21)24(17-11-13-19(26)14-12-17)25(31)28-20-8-4-5-9-20/h1,3,6-7,10-16,20,24H,4-5,8-9H2,(H,28,31). The lowest BCUT2D eigenvalue weighted by Crippen LogP contribution is -2.46. The normalized spacial score (nSPS) is 14.7. The zero-order valence-corrected chi connectivity index (χ0v) is 16.9. The lowest BCUT2D eigenvalue weighted by Gasteiger charge is -2.30. The maximum atomic E-state index is 13.6. The molecule has 1 heterocycles. The Bertz CT molecular complexity index is 1150. The molecule has 1 fully saturated rings. The van der Waals surface area contributed by atoms with Crippen LogP contribution in [0.4, 0.5) is 10.1 Å². The third-order valence-electron chi connectivity index (χ3n) is 5.59. The van der Waals surface area contributed by atoms with Gasteiger partial charge in [-0.05, 0) is 48.6 Å². The van der Waals surface area contributed by atoms with Gasteiger partial charge in [0, 0.05) is 11.4 Å². The molecule has 1 N–H and O–H groups in total. The van der Waals surface area contributed by atoms with Crippen LogP contribution in [-0.2, 0) is 9.59 Å². The number of rotatable bonds is 5. The van der Waals surface area contributed by atoms with E-state index in [4.69, 9.17) is 6.42 Å². The molecule has 156 valence electrons. The lowest BCUT2D eigenvalue weighted by atomic mass is 10.0. The summed E-state index contributed by atoms with van der Waals surface area (Å²) >= 11 is 0. The van der Waals surface area contributed by atoms with Crippen LogP contribution < -0.4 is 10.2 Å². The molecular weight excluding hydrogens is 393 g/mol. The molecule has 1 aliphatic rings. The first kappa shape index (κ1) is 20.5. The van der Waals surface area contributed by atoms with Crippen LogP contribution in [0.2, 0.25) is 0 Å². The Hall–Kier alpha value is -3.72. The number of pyridine rings is 1. The number of nitrogens with one attached hydrogen (secondary N) is 1. The number of halogens is 1. The number of carbonyl (C=O) groups excluding carboxylic acids is 2. The highest BCUT2D eigenvalue weighted by Crippen LogP contribution is 2.30. The Morgan fingerprint density at radius 1 is 1.13 bits per heavy atom. The molecule has 1 saturated carbocycles. The van der Waals surface area contributed by atoms with E-state index in [0.717, 1.165) is 36.6 Å². The fraction of sp³-hybridized carbons (Fsp3) is 0.240. The van der Waals surface area contributed by atoms with Crippen molar-refractivity contribution in [1.29, 1.82) is 0 Å². The van der Waals surface area contributed by atoms with Crippen molar-refractivity contribution < 1.29 is 14.0 Å². The number of benzene rings is 2. The largest absolute Gasteiger partial charge is 0.351 e. The molecule has 0 radical (unpaired) electrons. The number of nitrogens with zero attached hydrogens (tertiary/aromatic N) is 2. The molecule has 6 heteroatoms. The minimum Gasteiger partial charge on any atom is -0.351 e. The summed E-state index contributed by atoms with van der Waals surface area (Å²) in [5.74, 6) is 0.672. The van der Waals surface area contributed by atoms with Crippen LogP contribution in [-0.4, -0.2) is 22.8 Å². The summed E-state index contributed by atoms with van der Waals surface area (Å²) in [5, 5.41) is 3.85. The highest BCUT2D eigenvalue weighted by Gasteiger charge is 2.34. The second kappa shape index (κ2) is 8.97. The number of anilines is 1. The second-order valence-corrected chi connectivity index (χ2v) is 7.65. The molecule has 1 unspecified atom stereocenters. The Balaban J connectivity index is 1.80. The van der Waals surface area contributed by atoms with Crippen LogP contribution in [0.5, 0.6) is 0 Å². The monoisotopic (exact) mass is 415 g/mol. The van der Waals surface area contributed by atoms with E-state index in [1.807, 2.05) is 24.3 Å². The third-order valence-corrected chi connectivity index (χ3v) is 5.59. The third kappa shape index (κ3) is 4.41. The topological polar surface area (TPSA) is 62.3 Å². The average Bonchev–Trinajstić information content (AvgIpc) is 3.30. The molecule has 0 saturated heterocycles. The summed E-state index contributed by atoms with van der Waals surface area (Å²) in [4.78, 5) is 32.0. The highest BCUT2D eigenvalue weighted by atomic mass is 19.1. The maximum absolute atomic E-state index is 13.6. The van der Waals surface area contributed by atoms with E-state index in [2.05, 4.69) is 16.2 Å². The zero-order valence-electron chi connectivity index (χ0n) is 16.9. The van der Waals surface area contributed by atoms with Crippen LogP contribution in [0, 0.1) is 18.2 Å². The summed E-state index contributed by atoms with van der Waals surface area (Å²) in [6.07, 6.45) is 10.9. The quantitative estimate of drug-likeness (QED) is 0.637. The maximum Gasteiger partial charge on any atom is 0.303 e. The van der Waals surface area contributed by atoms with Gasteiger partial charge in [-0.2, -0.15) is 0 Å². The zero-order chi connectivity index (χ0) is 21.8. The Morgan fingerprint density at radius 2 is 1.84 bits per heavy atom. The van der Waals surface area contributed by atoms with Crippen LogP contribution >= 0.6 is 0 Å². The minimum absolute atomic E-state index is 0.0490. The number of carbonyl (C=O) groups is 2. The second-order valence-electron chi connectivity index (χ2n) is 7.65. The Morgan fingerprint density at radius 3 is 2.55 bits per heavy atom. The first-order chi connectivity index (χ1) is 15.1. The molecule has 0 bridgehead atoms. The molecule has 1 aliphatic carbocycles. The van der Waals surface area contributed by atoms with Gasteiger partial charge in [0.1, 0.15) is 11.9 Å². The molecule has 2 amide bonds. The van der Waals surface area contributed by atoms with Crippen molar-refractivity contribution >= 4 is 28.4 Å². The van der Waals surface area contributed by atoms with E-state index in [1.54, 1.807) is 6.07 Å². The van der Waals surface area contributed by atoms with Crippen molar-refractivity contribution in [1.82, 2.24) is 10.3 Å². The van der Waals surface area contributed by atoms with Gasteiger partial charge >= 0.3 is 5.91 Å². The van der Waals surface area contributed by atoms with Gasteiger partial charge in [0.15, 0.2) is 0 Å². The van der Waals surface area contributed by atoms with Gasteiger partial charge < -0.3 is 5.32 Å². The Labute approximate surface area is 180 Å². The van der Waals surface area contributed by atoms with E-state index in [0.29, 0.717) is 11.3 Å². The number of terminal acetylenes is 1.